The zero-order chi connectivity index (χ0) is 18.1. The number of nitrogens with two attached hydrogens (primary N) is 1. The van der Waals surface area contributed by atoms with Crippen molar-refractivity contribution in [1.29, 1.82) is 0 Å². The van der Waals surface area contributed by atoms with Crippen LogP contribution in [0.5, 0.6) is 0 Å². The van der Waals surface area contributed by atoms with Gasteiger partial charge in [0.25, 0.3) is 5.91 Å². The fourth-order valence-corrected chi connectivity index (χ4v) is 3.05. The lowest BCUT2D eigenvalue weighted by Gasteiger charge is -2.15. The van der Waals surface area contributed by atoms with E-state index in [0.717, 1.165) is 13.1 Å². The number of nitrogens with zero attached hydrogens (tertiary/aromatic N) is 1. The summed E-state index contributed by atoms with van der Waals surface area (Å²) < 4.78 is 5.34. The lowest BCUT2D eigenvalue weighted by Crippen LogP contribution is -2.40. The highest BCUT2D eigenvalue weighted by atomic mass is 127. The molecule has 8 heteroatoms. The van der Waals surface area contributed by atoms with Gasteiger partial charge in [0, 0.05) is 23.2 Å². The Morgan fingerprint density at radius 1 is 1.23 bits per heavy atom. The van der Waals surface area contributed by atoms with E-state index >= 15 is 0 Å². The second-order valence-corrected chi connectivity index (χ2v) is 6.96. The van der Waals surface area contributed by atoms with Gasteiger partial charge in [-0.3, -0.25) is 4.79 Å². The van der Waals surface area contributed by atoms with Crippen LogP contribution in [0.25, 0.3) is 0 Å². The number of hydrogen-bond acceptors (Lipinski definition) is 4. The van der Waals surface area contributed by atoms with Crippen molar-refractivity contribution in [3.05, 3.63) is 54.0 Å². The molecule has 0 bridgehead atoms. The van der Waals surface area contributed by atoms with Crippen LogP contribution in [0.15, 0.2) is 56.8 Å². The molecule has 0 saturated carbocycles. The van der Waals surface area contributed by atoms with E-state index in [0.29, 0.717) is 23.5 Å². The van der Waals surface area contributed by atoms with Crippen molar-refractivity contribution in [3.8, 4) is 0 Å². The quantitative estimate of drug-likeness (QED) is 0.230. The second-order valence-electron chi connectivity index (χ2n) is 5.45. The van der Waals surface area contributed by atoms with Gasteiger partial charge in [-0.25, -0.2) is 4.99 Å². The number of guanidine groups is 1. The van der Waals surface area contributed by atoms with Gasteiger partial charge in [0.2, 0.25) is 0 Å². The minimum absolute atomic E-state index is 0. The maximum atomic E-state index is 11.0. The maximum Gasteiger partial charge on any atom is 0.284 e. The lowest BCUT2D eigenvalue weighted by molar-refractivity contribution is 0.0972. The molecule has 4 N–H and O–H groups in total. The lowest BCUT2D eigenvalue weighted by atomic mass is 10.4. The first-order valence-electron chi connectivity index (χ1n) is 8.21. The molecule has 2 aromatic rings. The molecule has 1 aromatic heterocycles. The Kier molecular flexibility index (Phi) is 10.2. The van der Waals surface area contributed by atoms with E-state index in [1.807, 2.05) is 36.9 Å². The summed E-state index contributed by atoms with van der Waals surface area (Å²) in [5.74, 6) is 0.876. The fraction of sp³-hybridized carbons (Fsp3) is 0.333. The number of furan rings is 1. The highest BCUT2D eigenvalue weighted by Crippen LogP contribution is 2.21. The number of thioether (sulfide) groups is 1. The normalized spacial score (nSPS) is 12.2. The van der Waals surface area contributed by atoms with Crippen molar-refractivity contribution < 1.29 is 9.21 Å². The Bertz CT molecular complexity index is 706. The smallest absolute Gasteiger partial charge is 0.284 e. The van der Waals surface area contributed by atoms with Crippen LogP contribution >= 0.6 is 35.7 Å². The predicted molar refractivity (Wildman–Crippen MR) is 117 cm³/mol. The zero-order valence-electron chi connectivity index (χ0n) is 14.9. The van der Waals surface area contributed by atoms with Gasteiger partial charge in [-0.2, -0.15) is 0 Å². The van der Waals surface area contributed by atoms with Gasteiger partial charge in [0.1, 0.15) is 12.3 Å². The summed E-state index contributed by atoms with van der Waals surface area (Å²) in [6, 6.07) is 13.6. The topological polar surface area (TPSA) is 92.6 Å². The summed E-state index contributed by atoms with van der Waals surface area (Å²) in [7, 11) is 0. The first kappa shape index (κ1) is 22.4. The predicted octanol–water partition coefficient (Wildman–Crippen LogP) is 3.23. The molecule has 142 valence electrons. The van der Waals surface area contributed by atoms with Crippen molar-refractivity contribution in [2.75, 3.05) is 13.1 Å². The zero-order valence-corrected chi connectivity index (χ0v) is 18.0. The summed E-state index contributed by atoms with van der Waals surface area (Å²) in [6.07, 6.45) is 0. The third-order valence-corrected chi connectivity index (χ3v) is 4.39. The number of hydrogen-bond donors (Lipinski definition) is 3. The molecule has 6 nitrogen and oxygen atoms in total. The van der Waals surface area contributed by atoms with Crippen molar-refractivity contribution in [3.63, 3.8) is 0 Å². The summed E-state index contributed by atoms with van der Waals surface area (Å²) >= 11 is 1.81. The Hall–Kier alpha value is -1.68. The summed E-state index contributed by atoms with van der Waals surface area (Å²) in [6.45, 7) is 6.05. The van der Waals surface area contributed by atoms with E-state index in [-0.39, 0.29) is 29.7 Å². The average molecular weight is 488 g/mol. The van der Waals surface area contributed by atoms with Crippen molar-refractivity contribution in [1.82, 2.24) is 10.6 Å². The first-order valence-corrected chi connectivity index (χ1v) is 9.09. The molecule has 1 amide bonds. The van der Waals surface area contributed by atoms with Gasteiger partial charge in [-0.1, -0.05) is 25.1 Å². The SMILES string of the molecule is CCNC(=NCc1ccc(C(N)=O)o1)NCC(C)Sc1ccccc1.I. The number of aliphatic imine (C=N–C) groups is 1. The van der Waals surface area contributed by atoms with Crippen LogP contribution in [0, 0.1) is 0 Å². The number of carbonyl (C=O) groups is 1. The van der Waals surface area contributed by atoms with Crippen LogP contribution in [0.1, 0.15) is 30.2 Å². The molecular weight excluding hydrogens is 463 g/mol. The van der Waals surface area contributed by atoms with Gasteiger partial charge >= 0.3 is 0 Å². The molecular formula is C18H25IN4O2S. The van der Waals surface area contributed by atoms with E-state index in [1.54, 1.807) is 12.1 Å². The Balaban J connectivity index is 0.00000338. The molecule has 1 atom stereocenters. The molecule has 1 aromatic carbocycles. The van der Waals surface area contributed by atoms with Gasteiger partial charge in [0.15, 0.2) is 11.7 Å². The van der Waals surface area contributed by atoms with E-state index < -0.39 is 5.91 Å². The maximum absolute atomic E-state index is 11.0. The minimum Gasteiger partial charge on any atom is -0.454 e. The molecule has 0 aliphatic carbocycles. The molecule has 0 aliphatic rings. The molecule has 0 saturated heterocycles. The molecule has 2 rings (SSSR count). The summed E-state index contributed by atoms with van der Waals surface area (Å²) in [5, 5.41) is 6.91. The third kappa shape index (κ3) is 7.69. The van der Waals surface area contributed by atoms with Crippen LogP contribution in [0.4, 0.5) is 0 Å². The van der Waals surface area contributed by atoms with Gasteiger partial charge < -0.3 is 20.8 Å². The molecule has 26 heavy (non-hydrogen) atoms. The minimum atomic E-state index is -0.577. The highest BCUT2D eigenvalue weighted by molar-refractivity contribution is 14.0. The van der Waals surface area contributed by atoms with Crippen molar-refractivity contribution in [2.45, 2.75) is 30.5 Å². The number of halogens is 1. The number of amides is 1. The molecule has 0 fully saturated rings. The van der Waals surface area contributed by atoms with Gasteiger partial charge in [-0.15, -0.1) is 35.7 Å². The van der Waals surface area contributed by atoms with Crippen molar-refractivity contribution in [2.24, 2.45) is 10.7 Å². The van der Waals surface area contributed by atoms with Crippen LogP contribution in [0.3, 0.4) is 0 Å². The van der Waals surface area contributed by atoms with E-state index in [1.165, 1.54) is 4.90 Å². The largest absolute Gasteiger partial charge is 0.454 e. The van der Waals surface area contributed by atoms with Crippen LogP contribution in [0.2, 0.25) is 0 Å². The van der Waals surface area contributed by atoms with E-state index in [4.69, 9.17) is 10.2 Å². The summed E-state index contributed by atoms with van der Waals surface area (Å²) in [5.41, 5.74) is 5.18. The van der Waals surface area contributed by atoms with E-state index in [9.17, 15) is 4.79 Å². The Labute approximate surface area is 175 Å². The fourth-order valence-electron chi connectivity index (χ4n) is 2.11. The number of benzene rings is 1. The van der Waals surface area contributed by atoms with Gasteiger partial charge in [-0.05, 0) is 31.2 Å². The van der Waals surface area contributed by atoms with Crippen LogP contribution in [-0.4, -0.2) is 30.2 Å². The average Bonchev–Trinajstić information content (AvgIpc) is 3.07. The standard InChI is InChI=1S/C18H24N4O2S.HI/c1-3-20-18(22-12-14-9-10-16(24-14)17(19)23)21-11-13(2)25-15-7-5-4-6-8-15;/h4-10,13H,3,11-12H2,1-2H3,(H2,19,23)(H2,20,21,22);1H. The molecule has 1 unspecified atom stereocenters. The number of primary amides is 1. The molecule has 0 spiro atoms. The molecule has 0 radical (unpaired) electrons. The van der Waals surface area contributed by atoms with E-state index in [2.05, 4.69) is 34.7 Å². The number of rotatable bonds is 8. The first-order chi connectivity index (χ1) is 12.1. The Morgan fingerprint density at radius 3 is 2.58 bits per heavy atom. The molecule has 0 aliphatic heterocycles. The van der Waals surface area contributed by atoms with Gasteiger partial charge in [0.05, 0.1) is 0 Å². The highest BCUT2D eigenvalue weighted by Gasteiger charge is 2.08. The second kappa shape index (κ2) is 11.8. The third-order valence-electron chi connectivity index (χ3n) is 3.28. The molecule has 1 heterocycles. The number of nitrogens with one attached hydrogen (secondary N) is 2. The monoisotopic (exact) mass is 488 g/mol. The Morgan fingerprint density at radius 2 is 1.96 bits per heavy atom. The number of carbonyl (C=O) groups excluding carboxylic acids is 1. The summed E-state index contributed by atoms with van der Waals surface area (Å²) in [4.78, 5) is 16.8. The van der Waals surface area contributed by atoms with Crippen LogP contribution < -0.4 is 16.4 Å². The van der Waals surface area contributed by atoms with Crippen molar-refractivity contribution >= 4 is 47.6 Å². The van der Waals surface area contributed by atoms with Crippen LogP contribution in [-0.2, 0) is 6.54 Å².